The van der Waals surface area contributed by atoms with Gasteiger partial charge in [0.1, 0.15) is 0 Å². The van der Waals surface area contributed by atoms with E-state index in [0.29, 0.717) is 0 Å². The van der Waals surface area contributed by atoms with E-state index in [1.807, 2.05) is 29.5 Å². The molecule has 0 saturated heterocycles. The summed E-state index contributed by atoms with van der Waals surface area (Å²) in [6.07, 6.45) is 4.59. The highest BCUT2D eigenvalue weighted by atomic mass is 35.5. The molecule has 1 nitrogen and oxygen atoms in total. The number of thiophene rings is 1. The molecule has 1 aromatic carbocycles. The van der Waals surface area contributed by atoms with Crippen molar-refractivity contribution in [3.8, 4) is 0 Å². The number of fused-ring (bicyclic) bond motifs is 1. The molecule has 1 aliphatic carbocycles. The summed E-state index contributed by atoms with van der Waals surface area (Å²) in [6.45, 7) is 0. The van der Waals surface area contributed by atoms with E-state index in [-0.39, 0.29) is 6.04 Å². The van der Waals surface area contributed by atoms with Gasteiger partial charge < -0.3 is 5.73 Å². The first kappa shape index (κ1) is 12.2. The molecule has 0 saturated carbocycles. The second-order valence-electron chi connectivity index (χ2n) is 4.85. The summed E-state index contributed by atoms with van der Waals surface area (Å²) in [6, 6.07) is 10.3. The summed E-state index contributed by atoms with van der Waals surface area (Å²) in [5.41, 5.74) is 8.97. The molecule has 18 heavy (non-hydrogen) atoms. The number of hydrogen-bond acceptors (Lipinski definition) is 2. The molecule has 94 valence electrons. The van der Waals surface area contributed by atoms with Gasteiger partial charge >= 0.3 is 0 Å². The van der Waals surface area contributed by atoms with E-state index in [0.717, 1.165) is 17.0 Å². The van der Waals surface area contributed by atoms with Crippen LogP contribution in [0.25, 0.3) is 0 Å². The highest BCUT2D eigenvalue weighted by Gasteiger charge is 2.18. The summed E-state index contributed by atoms with van der Waals surface area (Å²) in [4.78, 5) is 2.85. The van der Waals surface area contributed by atoms with E-state index < -0.39 is 0 Å². The Morgan fingerprint density at radius 1 is 1.28 bits per heavy atom. The highest BCUT2D eigenvalue weighted by Crippen LogP contribution is 2.34. The minimum Gasteiger partial charge on any atom is -0.323 e. The molecule has 1 heterocycles. The van der Waals surface area contributed by atoms with Crippen LogP contribution in [0.4, 0.5) is 0 Å². The van der Waals surface area contributed by atoms with Crippen LogP contribution in [-0.2, 0) is 19.3 Å². The number of halogens is 1. The van der Waals surface area contributed by atoms with Gasteiger partial charge in [-0.2, -0.15) is 0 Å². The van der Waals surface area contributed by atoms with E-state index in [4.69, 9.17) is 17.3 Å². The summed E-state index contributed by atoms with van der Waals surface area (Å²) in [5.74, 6) is 0. The molecule has 0 fully saturated rings. The molecule has 1 unspecified atom stereocenters. The Hall–Kier alpha value is -0.830. The number of aryl methyl sites for hydroxylation is 2. The maximum absolute atomic E-state index is 6.31. The summed E-state index contributed by atoms with van der Waals surface area (Å²) in [7, 11) is 0. The van der Waals surface area contributed by atoms with E-state index in [9.17, 15) is 0 Å². The van der Waals surface area contributed by atoms with E-state index in [1.165, 1.54) is 29.7 Å². The van der Waals surface area contributed by atoms with Gasteiger partial charge in [0.15, 0.2) is 0 Å². The van der Waals surface area contributed by atoms with Crippen LogP contribution in [0, 0.1) is 0 Å². The van der Waals surface area contributed by atoms with Gasteiger partial charge in [-0.05, 0) is 48.9 Å². The molecular weight excluding hydrogens is 262 g/mol. The number of nitrogens with two attached hydrogens (primary N) is 1. The lowest BCUT2D eigenvalue weighted by Gasteiger charge is -2.11. The lowest BCUT2D eigenvalue weighted by atomic mass is 10.0. The average Bonchev–Trinajstić information content (AvgIpc) is 2.92. The smallest absolute Gasteiger partial charge is 0.0438 e. The zero-order chi connectivity index (χ0) is 12.5. The van der Waals surface area contributed by atoms with Crippen molar-refractivity contribution >= 4 is 22.9 Å². The second kappa shape index (κ2) is 5.04. The first-order chi connectivity index (χ1) is 8.74. The largest absolute Gasteiger partial charge is 0.323 e. The van der Waals surface area contributed by atoms with Gasteiger partial charge in [-0.1, -0.05) is 29.8 Å². The van der Waals surface area contributed by atoms with Crippen LogP contribution in [0.2, 0.25) is 5.02 Å². The Morgan fingerprint density at radius 3 is 2.89 bits per heavy atom. The van der Waals surface area contributed by atoms with Crippen molar-refractivity contribution in [3.05, 3.63) is 56.2 Å². The summed E-state index contributed by atoms with van der Waals surface area (Å²) >= 11 is 8.07. The van der Waals surface area contributed by atoms with Crippen molar-refractivity contribution in [2.75, 3.05) is 0 Å². The quantitative estimate of drug-likeness (QED) is 0.897. The van der Waals surface area contributed by atoms with Gasteiger partial charge in [0.05, 0.1) is 0 Å². The summed E-state index contributed by atoms with van der Waals surface area (Å²) in [5, 5.41) is 0.817. The highest BCUT2D eigenvalue weighted by molar-refractivity contribution is 7.12. The van der Waals surface area contributed by atoms with Gasteiger partial charge in [0.25, 0.3) is 0 Å². The van der Waals surface area contributed by atoms with Gasteiger partial charge in [-0.15, -0.1) is 11.3 Å². The Bertz CT molecular complexity index is 540. The fourth-order valence-corrected chi connectivity index (χ4v) is 4.01. The molecule has 0 spiro atoms. The van der Waals surface area contributed by atoms with E-state index in [1.54, 1.807) is 4.88 Å². The van der Waals surface area contributed by atoms with Crippen molar-refractivity contribution in [3.63, 3.8) is 0 Å². The third-order valence-corrected chi connectivity index (χ3v) is 5.27. The SMILES string of the molecule is NC(Cc1ccccc1Cl)c1cc2c(s1)CCC2. The van der Waals surface area contributed by atoms with Crippen LogP contribution in [0.1, 0.15) is 33.3 Å². The average molecular weight is 278 g/mol. The Morgan fingerprint density at radius 2 is 2.11 bits per heavy atom. The van der Waals surface area contributed by atoms with Gasteiger partial charge in [-0.25, -0.2) is 0 Å². The van der Waals surface area contributed by atoms with Crippen molar-refractivity contribution in [1.82, 2.24) is 0 Å². The van der Waals surface area contributed by atoms with E-state index in [2.05, 4.69) is 12.1 Å². The molecule has 1 atom stereocenters. The maximum Gasteiger partial charge on any atom is 0.0438 e. The topological polar surface area (TPSA) is 26.0 Å². The molecule has 1 aliphatic rings. The predicted octanol–water partition coefficient (Wildman–Crippen LogP) is 4.13. The third kappa shape index (κ3) is 2.33. The first-order valence-electron chi connectivity index (χ1n) is 6.34. The molecule has 0 radical (unpaired) electrons. The fraction of sp³-hybridized carbons (Fsp3) is 0.333. The molecule has 3 heteroatoms. The van der Waals surface area contributed by atoms with Gasteiger partial charge in [0.2, 0.25) is 0 Å². The molecule has 2 N–H and O–H groups in total. The zero-order valence-corrected chi connectivity index (χ0v) is 11.7. The third-order valence-electron chi connectivity index (χ3n) is 3.53. The monoisotopic (exact) mass is 277 g/mol. The van der Waals surface area contributed by atoms with Crippen LogP contribution < -0.4 is 5.73 Å². The van der Waals surface area contributed by atoms with Crippen molar-refractivity contribution in [1.29, 1.82) is 0 Å². The number of benzene rings is 1. The fourth-order valence-electron chi connectivity index (χ4n) is 2.54. The minimum absolute atomic E-state index is 0.0699. The second-order valence-corrected chi connectivity index (χ2v) is 6.43. The zero-order valence-electron chi connectivity index (χ0n) is 10.2. The van der Waals surface area contributed by atoms with Crippen molar-refractivity contribution in [2.24, 2.45) is 5.73 Å². The Kier molecular flexibility index (Phi) is 3.42. The first-order valence-corrected chi connectivity index (χ1v) is 7.54. The summed E-state index contributed by atoms with van der Waals surface area (Å²) < 4.78 is 0. The van der Waals surface area contributed by atoms with Gasteiger partial charge in [-0.3, -0.25) is 0 Å². The molecule has 3 rings (SSSR count). The maximum atomic E-state index is 6.31. The lowest BCUT2D eigenvalue weighted by molar-refractivity contribution is 0.735. The number of hydrogen-bond donors (Lipinski definition) is 1. The standard InChI is InChI=1S/C15H16ClNS/c16-12-6-2-1-4-10(12)8-13(17)15-9-11-5-3-7-14(11)18-15/h1-2,4,6,9,13H,3,5,7-8,17H2. The van der Waals surface area contributed by atoms with E-state index >= 15 is 0 Å². The van der Waals surface area contributed by atoms with Crippen LogP contribution >= 0.6 is 22.9 Å². The Labute approximate surface area is 117 Å². The van der Waals surface area contributed by atoms with Crippen molar-refractivity contribution in [2.45, 2.75) is 31.7 Å². The van der Waals surface area contributed by atoms with Crippen molar-refractivity contribution < 1.29 is 0 Å². The Balaban J connectivity index is 1.78. The van der Waals surface area contributed by atoms with Gasteiger partial charge in [0, 0.05) is 20.8 Å². The lowest BCUT2D eigenvalue weighted by Crippen LogP contribution is -2.12. The number of rotatable bonds is 3. The molecule has 2 aromatic rings. The molecule has 0 bridgehead atoms. The minimum atomic E-state index is 0.0699. The molecular formula is C15H16ClNS. The van der Waals surface area contributed by atoms with Crippen LogP contribution in [0.5, 0.6) is 0 Å². The molecule has 0 amide bonds. The van der Waals surface area contributed by atoms with Crippen LogP contribution in [0.3, 0.4) is 0 Å². The molecule has 0 aliphatic heterocycles. The molecule has 1 aromatic heterocycles. The van der Waals surface area contributed by atoms with Crippen LogP contribution in [-0.4, -0.2) is 0 Å². The normalized spacial score (nSPS) is 15.7. The van der Waals surface area contributed by atoms with Crippen LogP contribution in [0.15, 0.2) is 30.3 Å². The predicted molar refractivity (Wildman–Crippen MR) is 78.4 cm³/mol.